The zero-order valence-electron chi connectivity index (χ0n) is 14.8. The highest BCUT2D eigenvalue weighted by atomic mass is 35.5. The van der Waals surface area contributed by atoms with E-state index < -0.39 is 0 Å². The first kappa shape index (κ1) is 19.7. The van der Waals surface area contributed by atoms with Crippen molar-refractivity contribution >= 4 is 35.4 Å². The molecule has 0 radical (unpaired) electrons. The summed E-state index contributed by atoms with van der Waals surface area (Å²) in [6, 6.07) is 13.2. The van der Waals surface area contributed by atoms with Gasteiger partial charge in [-0.3, -0.25) is 5.10 Å². The molecule has 0 amide bonds. The summed E-state index contributed by atoms with van der Waals surface area (Å²) in [5, 5.41) is 8.39. The summed E-state index contributed by atoms with van der Waals surface area (Å²) in [5.41, 5.74) is 5.14. The number of H-pyrrole nitrogens is 1. The lowest BCUT2D eigenvalue weighted by Crippen LogP contribution is -2.18. The highest BCUT2D eigenvalue weighted by molar-refractivity contribution is 7.71. The molecule has 27 heavy (non-hydrogen) atoms. The van der Waals surface area contributed by atoms with E-state index in [1.54, 1.807) is 10.7 Å². The lowest BCUT2D eigenvalue weighted by molar-refractivity contribution is 0.303. The summed E-state index contributed by atoms with van der Waals surface area (Å²) in [7, 11) is 0. The summed E-state index contributed by atoms with van der Waals surface area (Å²) in [5.74, 6) is 1.60. The van der Waals surface area contributed by atoms with Crippen LogP contribution in [0.4, 0.5) is 0 Å². The van der Waals surface area contributed by atoms with E-state index >= 15 is 0 Å². The SMILES string of the molecule is CCCc1n[nH]c(=S)n1NCc1cc(Cl)ccc1OCc1ccccc1Cl. The third kappa shape index (κ3) is 5.03. The molecule has 5 nitrogen and oxygen atoms in total. The zero-order valence-corrected chi connectivity index (χ0v) is 17.2. The maximum atomic E-state index is 6.21. The molecule has 0 saturated carbocycles. The van der Waals surface area contributed by atoms with Crippen LogP contribution in [0.15, 0.2) is 42.5 Å². The van der Waals surface area contributed by atoms with E-state index in [2.05, 4.69) is 22.5 Å². The van der Waals surface area contributed by atoms with Gasteiger partial charge in [-0.2, -0.15) is 5.10 Å². The Balaban J connectivity index is 1.76. The Bertz CT molecular complexity index is 970. The first-order chi connectivity index (χ1) is 13.1. The number of benzene rings is 2. The number of hydrogen-bond acceptors (Lipinski definition) is 4. The third-order valence-electron chi connectivity index (χ3n) is 4.01. The number of halogens is 2. The standard InChI is InChI=1S/C19H20Cl2N4OS/c1-2-5-18-23-24-19(27)25(18)22-11-14-10-15(20)8-9-17(14)26-12-13-6-3-4-7-16(13)21/h3-4,6-10,22H,2,5,11-12H2,1H3,(H,24,27). The highest BCUT2D eigenvalue weighted by Crippen LogP contribution is 2.25. The molecule has 2 N–H and O–H groups in total. The van der Waals surface area contributed by atoms with Crippen LogP contribution in [-0.2, 0) is 19.6 Å². The van der Waals surface area contributed by atoms with Gasteiger partial charge in [0.15, 0.2) is 5.82 Å². The Labute approximate surface area is 173 Å². The molecule has 2 aromatic carbocycles. The van der Waals surface area contributed by atoms with E-state index in [0.29, 0.717) is 28.0 Å². The first-order valence-corrected chi connectivity index (χ1v) is 9.79. The van der Waals surface area contributed by atoms with Gasteiger partial charge in [-0.05, 0) is 42.9 Å². The first-order valence-electron chi connectivity index (χ1n) is 8.63. The number of hydrogen-bond donors (Lipinski definition) is 2. The molecule has 0 spiro atoms. The Kier molecular flexibility index (Phi) is 6.77. The Morgan fingerprint density at radius 2 is 2.00 bits per heavy atom. The van der Waals surface area contributed by atoms with Gasteiger partial charge >= 0.3 is 0 Å². The largest absolute Gasteiger partial charge is 0.488 e. The zero-order chi connectivity index (χ0) is 19.2. The van der Waals surface area contributed by atoms with Crippen molar-refractivity contribution in [3.8, 4) is 5.75 Å². The molecule has 0 bridgehead atoms. The van der Waals surface area contributed by atoms with Crippen LogP contribution in [0.5, 0.6) is 5.75 Å². The number of nitrogens with one attached hydrogen (secondary N) is 2. The van der Waals surface area contributed by atoms with Crippen molar-refractivity contribution in [1.29, 1.82) is 0 Å². The van der Waals surface area contributed by atoms with Crippen molar-refractivity contribution in [3.63, 3.8) is 0 Å². The van der Waals surface area contributed by atoms with Crippen molar-refractivity contribution in [2.75, 3.05) is 5.43 Å². The number of aromatic nitrogens is 3. The van der Waals surface area contributed by atoms with Crippen molar-refractivity contribution in [2.24, 2.45) is 0 Å². The molecule has 0 unspecified atom stereocenters. The molecule has 1 heterocycles. The fourth-order valence-corrected chi connectivity index (χ4v) is 3.25. The molecule has 0 fully saturated rings. The monoisotopic (exact) mass is 422 g/mol. The van der Waals surface area contributed by atoms with Crippen LogP contribution in [-0.4, -0.2) is 14.9 Å². The second-order valence-electron chi connectivity index (χ2n) is 6.00. The van der Waals surface area contributed by atoms with E-state index in [9.17, 15) is 0 Å². The minimum Gasteiger partial charge on any atom is -0.488 e. The number of aryl methyl sites for hydroxylation is 1. The average molecular weight is 423 g/mol. The Hall–Kier alpha value is -2.02. The normalized spacial score (nSPS) is 10.8. The van der Waals surface area contributed by atoms with Crippen LogP contribution < -0.4 is 10.2 Å². The summed E-state index contributed by atoms with van der Waals surface area (Å²) in [6.07, 6.45) is 1.80. The summed E-state index contributed by atoms with van der Waals surface area (Å²) in [4.78, 5) is 0. The van der Waals surface area contributed by atoms with Gasteiger partial charge in [-0.25, -0.2) is 4.68 Å². The number of ether oxygens (including phenoxy) is 1. The van der Waals surface area contributed by atoms with E-state index in [0.717, 1.165) is 35.5 Å². The molecule has 8 heteroatoms. The van der Waals surface area contributed by atoms with Crippen LogP contribution in [0.25, 0.3) is 0 Å². The second-order valence-corrected chi connectivity index (χ2v) is 7.23. The summed E-state index contributed by atoms with van der Waals surface area (Å²) in [6.45, 7) is 2.96. The van der Waals surface area contributed by atoms with Crippen molar-refractivity contribution in [3.05, 3.63) is 74.2 Å². The molecular weight excluding hydrogens is 403 g/mol. The number of aromatic amines is 1. The lowest BCUT2D eigenvalue weighted by atomic mass is 10.2. The predicted molar refractivity (Wildman–Crippen MR) is 112 cm³/mol. The Morgan fingerprint density at radius 3 is 2.78 bits per heavy atom. The second kappa shape index (κ2) is 9.26. The van der Waals surface area contributed by atoms with Crippen molar-refractivity contribution in [1.82, 2.24) is 14.9 Å². The van der Waals surface area contributed by atoms with E-state index in [-0.39, 0.29) is 0 Å². The van der Waals surface area contributed by atoms with Gasteiger partial charge in [0.05, 0.1) is 6.54 Å². The molecule has 3 rings (SSSR count). The quantitative estimate of drug-likeness (QED) is 0.469. The van der Waals surface area contributed by atoms with E-state index in [1.807, 2.05) is 36.4 Å². The summed E-state index contributed by atoms with van der Waals surface area (Å²) >= 11 is 17.7. The van der Waals surface area contributed by atoms with Crippen LogP contribution in [0.1, 0.15) is 30.3 Å². The fraction of sp³-hybridized carbons (Fsp3) is 0.263. The topological polar surface area (TPSA) is 54.9 Å². The smallest absolute Gasteiger partial charge is 0.214 e. The molecule has 0 saturated heterocycles. The van der Waals surface area contributed by atoms with Crippen LogP contribution in [0, 0.1) is 4.77 Å². The minimum absolute atomic E-state index is 0.376. The van der Waals surface area contributed by atoms with Crippen molar-refractivity contribution < 1.29 is 4.74 Å². The van der Waals surface area contributed by atoms with E-state index in [4.69, 9.17) is 40.2 Å². The van der Waals surface area contributed by atoms with Gasteiger partial charge in [0.2, 0.25) is 4.77 Å². The maximum absolute atomic E-state index is 6.21. The van der Waals surface area contributed by atoms with Crippen LogP contribution in [0.2, 0.25) is 10.0 Å². The molecule has 0 aliphatic carbocycles. The maximum Gasteiger partial charge on any atom is 0.214 e. The van der Waals surface area contributed by atoms with Gasteiger partial charge in [0.1, 0.15) is 12.4 Å². The third-order valence-corrected chi connectivity index (χ3v) is 4.88. The van der Waals surface area contributed by atoms with E-state index in [1.165, 1.54) is 0 Å². The van der Waals surface area contributed by atoms with Crippen molar-refractivity contribution in [2.45, 2.75) is 32.9 Å². The molecule has 142 valence electrons. The van der Waals surface area contributed by atoms with Gasteiger partial charge in [0.25, 0.3) is 0 Å². The van der Waals surface area contributed by atoms with Gasteiger partial charge in [-0.1, -0.05) is 48.3 Å². The van der Waals surface area contributed by atoms with Gasteiger partial charge < -0.3 is 10.2 Å². The molecule has 1 aromatic heterocycles. The molecule has 0 aliphatic heterocycles. The number of nitrogens with zero attached hydrogens (tertiary/aromatic N) is 2. The summed E-state index contributed by atoms with van der Waals surface area (Å²) < 4.78 is 8.31. The number of rotatable bonds is 8. The van der Waals surface area contributed by atoms with Gasteiger partial charge in [0, 0.05) is 27.6 Å². The molecular formula is C19H20Cl2N4OS. The van der Waals surface area contributed by atoms with Gasteiger partial charge in [-0.15, -0.1) is 0 Å². The fourth-order valence-electron chi connectivity index (χ4n) is 2.65. The molecule has 0 aliphatic rings. The average Bonchev–Trinajstić information content (AvgIpc) is 3.00. The Morgan fingerprint density at radius 1 is 1.19 bits per heavy atom. The lowest BCUT2D eigenvalue weighted by Gasteiger charge is -2.15. The van der Waals surface area contributed by atoms with Crippen LogP contribution >= 0.6 is 35.4 Å². The molecule has 3 aromatic rings. The highest BCUT2D eigenvalue weighted by Gasteiger charge is 2.09. The molecule has 0 atom stereocenters. The van der Waals surface area contributed by atoms with Crippen LogP contribution in [0.3, 0.4) is 0 Å². The predicted octanol–water partition coefficient (Wildman–Crippen LogP) is 5.52. The minimum atomic E-state index is 0.376.